The van der Waals surface area contributed by atoms with Gasteiger partial charge in [0.2, 0.25) is 5.91 Å². The number of aromatic nitrogens is 2. The van der Waals surface area contributed by atoms with Gasteiger partial charge in [0.15, 0.2) is 5.78 Å². The quantitative estimate of drug-likeness (QED) is 0.601. The molecule has 3 aliphatic rings. The number of carbonyl (C=O) groups is 3. The van der Waals surface area contributed by atoms with Crippen LogP contribution in [0.3, 0.4) is 0 Å². The molecule has 5 rings (SSSR count). The Morgan fingerprint density at radius 2 is 1.92 bits per heavy atom. The first-order chi connectivity index (χ1) is 18.0. The Labute approximate surface area is 224 Å². The van der Waals surface area contributed by atoms with Crippen molar-refractivity contribution in [3.05, 3.63) is 30.2 Å². The smallest absolute Gasteiger partial charge is 0.408 e. The third-order valence-electron chi connectivity index (χ3n) is 8.36. The van der Waals surface area contributed by atoms with E-state index in [1.54, 1.807) is 11.1 Å². The van der Waals surface area contributed by atoms with E-state index in [2.05, 4.69) is 16.5 Å². The summed E-state index contributed by atoms with van der Waals surface area (Å²) in [6.45, 7) is 9.46. The number of fused-ring (bicyclic) bond motifs is 5. The lowest BCUT2D eigenvalue weighted by atomic mass is 9.85. The Morgan fingerprint density at radius 1 is 1.13 bits per heavy atom. The number of aryl methyl sites for hydroxylation is 1. The Bertz CT molecular complexity index is 1220. The number of ketones is 1. The molecule has 0 spiro atoms. The normalized spacial score (nSPS) is 30.8. The maximum atomic E-state index is 14.0. The summed E-state index contributed by atoms with van der Waals surface area (Å²) in [6, 6.07) is 0.484. The van der Waals surface area contributed by atoms with Gasteiger partial charge in [-0.1, -0.05) is 40.5 Å². The molecular formula is C29H40N4O5. The number of imidazole rings is 1. The zero-order chi connectivity index (χ0) is 27.2. The zero-order valence-corrected chi connectivity index (χ0v) is 23.1. The molecule has 4 heterocycles. The van der Waals surface area contributed by atoms with Gasteiger partial charge in [0.1, 0.15) is 29.6 Å². The monoisotopic (exact) mass is 524 g/mol. The predicted octanol–water partition coefficient (Wildman–Crippen LogP) is 4.16. The van der Waals surface area contributed by atoms with E-state index in [0.29, 0.717) is 5.92 Å². The second kappa shape index (κ2) is 10.2. The number of pyridine rings is 1. The zero-order valence-electron chi connectivity index (χ0n) is 23.1. The minimum atomic E-state index is -0.837. The summed E-state index contributed by atoms with van der Waals surface area (Å²) in [6.07, 6.45) is 10.7. The van der Waals surface area contributed by atoms with Gasteiger partial charge in [-0.25, -0.2) is 9.78 Å². The van der Waals surface area contributed by atoms with Crippen LogP contribution >= 0.6 is 0 Å². The van der Waals surface area contributed by atoms with Crippen LogP contribution in [0.5, 0.6) is 5.75 Å². The standard InChI is InChI=1S/C29H40N4O5/c1-17-23-16-33(25(17)18(2)34)27(35)26(29(3,4)5)31-28(36)38-21-13-19(21)9-7-6-8-10-20-15-32-12-11-30-24(32)14-22(20)37-23/h11-12,14-15,17,19,21,23,25-26H,6-10,13,16H2,1-5H3,(H,31,36)/t17-,19-,21-,23+,25+,26-/m1/s1. The van der Waals surface area contributed by atoms with Crippen molar-refractivity contribution < 1.29 is 23.9 Å². The Hall–Kier alpha value is -3.10. The predicted molar refractivity (Wildman–Crippen MR) is 142 cm³/mol. The molecule has 0 unspecified atom stereocenters. The topological polar surface area (TPSA) is 102 Å². The number of amides is 2. The van der Waals surface area contributed by atoms with Gasteiger partial charge in [0.25, 0.3) is 0 Å². The summed E-state index contributed by atoms with van der Waals surface area (Å²) in [5.74, 6) is 0.538. The van der Waals surface area contributed by atoms with Crippen molar-refractivity contribution >= 4 is 23.4 Å². The van der Waals surface area contributed by atoms with Gasteiger partial charge in [-0.05, 0) is 43.9 Å². The van der Waals surface area contributed by atoms with Crippen LogP contribution in [0.1, 0.15) is 72.3 Å². The number of nitrogens with one attached hydrogen (secondary N) is 1. The molecule has 2 bridgehead atoms. The molecule has 0 aromatic carbocycles. The van der Waals surface area contributed by atoms with E-state index < -0.39 is 23.6 Å². The van der Waals surface area contributed by atoms with Crippen LogP contribution in [0, 0.1) is 17.3 Å². The largest absolute Gasteiger partial charge is 0.488 e. The fourth-order valence-corrected chi connectivity index (χ4v) is 6.04. The number of hydrogen-bond acceptors (Lipinski definition) is 6. The van der Waals surface area contributed by atoms with Crippen molar-refractivity contribution in [1.29, 1.82) is 0 Å². The minimum Gasteiger partial charge on any atom is -0.488 e. The average molecular weight is 525 g/mol. The molecule has 9 heteroatoms. The highest BCUT2D eigenvalue weighted by atomic mass is 16.6. The summed E-state index contributed by atoms with van der Waals surface area (Å²) < 4.78 is 14.3. The summed E-state index contributed by atoms with van der Waals surface area (Å²) in [5, 5.41) is 2.84. The lowest BCUT2D eigenvalue weighted by Gasteiger charge is -2.35. The Kier molecular flexibility index (Phi) is 7.13. The molecule has 1 aliphatic carbocycles. The second-order valence-electron chi connectivity index (χ2n) is 12.4. The summed E-state index contributed by atoms with van der Waals surface area (Å²) in [4.78, 5) is 45.6. The van der Waals surface area contributed by atoms with Gasteiger partial charge in [-0.3, -0.25) is 9.59 Å². The number of carbonyl (C=O) groups excluding carboxylic acids is 3. The molecule has 38 heavy (non-hydrogen) atoms. The molecule has 1 saturated carbocycles. The van der Waals surface area contributed by atoms with E-state index in [-0.39, 0.29) is 36.4 Å². The van der Waals surface area contributed by atoms with Gasteiger partial charge in [-0.15, -0.1) is 0 Å². The van der Waals surface area contributed by atoms with Crippen LogP contribution < -0.4 is 10.1 Å². The number of Topliss-reactive ketones (excluding diaryl/α,β-unsaturated/α-hetero) is 1. The molecule has 2 aromatic heterocycles. The van der Waals surface area contributed by atoms with Crippen LogP contribution in [0.4, 0.5) is 4.79 Å². The molecule has 0 radical (unpaired) electrons. The average Bonchev–Trinajstić information content (AvgIpc) is 3.24. The Balaban J connectivity index is 1.48. The number of ether oxygens (including phenoxy) is 2. The van der Waals surface area contributed by atoms with E-state index >= 15 is 0 Å². The van der Waals surface area contributed by atoms with Gasteiger partial charge < -0.3 is 24.1 Å². The van der Waals surface area contributed by atoms with E-state index in [4.69, 9.17) is 9.47 Å². The maximum absolute atomic E-state index is 14.0. The van der Waals surface area contributed by atoms with Crippen LogP contribution in [0.15, 0.2) is 24.7 Å². The van der Waals surface area contributed by atoms with Crippen molar-refractivity contribution in [3.63, 3.8) is 0 Å². The van der Waals surface area contributed by atoms with Crippen molar-refractivity contribution in [1.82, 2.24) is 19.6 Å². The van der Waals surface area contributed by atoms with Crippen LogP contribution in [-0.4, -0.2) is 62.9 Å². The lowest BCUT2D eigenvalue weighted by Crippen LogP contribution is -2.57. The first-order valence-electron chi connectivity index (χ1n) is 13.9. The fourth-order valence-electron chi connectivity index (χ4n) is 6.04. The fraction of sp³-hybridized carbons (Fsp3) is 0.655. The molecule has 2 amide bonds. The van der Waals surface area contributed by atoms with Crippen LogP contribution in [0.2, 0.25) is 0 Å². The van der Waals surface area contributed by atoms with Crippen LogP contribution in [0.25, 0.3) is 5.65 Å². The third kappa shape index (κ3) is 5.38. The van der Waals surface area contributed by atoms with E-state index in [9.17, 15) is 14.4 Å². The van der Waals surface area contributed by atoms with Crippen molar-refractivity contribution in [3.8, 4) is 5.75 Å². The molecule has 9 nitrogen and oxygen atoms in total. The Morgan fingerprint density at radius 3 is 2.66 bits per heavy atom. The first kappa shape index (κ1) is 26.5. The number of rotatable bonds is 1. The summed E-state index contributed by atoms with van der Waals surface area (Å²) in [5.41, 5.74) is 1.31. The highest BCUT2D eigenvalue weighted by Gasteiger charge is 2.49. The molecule has 2 aliphatic heterocycles. The molecule has 206 valence electrons. The van der Waals surface area contributed by atoms with Gasteiger partial charge in [0.05, 0.1) is 12.6 Å². The SMILES string of the molecule is CC(=O)[C@@H]1[C@H](C)[C@@H]2CN1C(=O)[C@H](C(C)(C)C)NC(=O)O[C@@H]1C[C@H]1CCCCCc1cn3ccnc3cc1O2. The van der Waals surface area contributed by atoms with E-state index in [1.165, 1.54) is 6.92 Å². The first-order valence-corrected chi connectivity index (χ1v) is 13.9. The van der Waals surface area contributed by atoms with Crippen molar-refractivity contribution in [2.45, 2.75) is 97.4 Å². The van der Waals surface area contributed by atoms with E-state index in [1.807, 2.05) is 44.4 Å². The number of hydrogen-bond donors (Lipinski definition) is 1. The summed E-state index contributed by atoms with van der Waals surface area (Å²) in [7, 11) is 0. The molecule has 2 fully saturated rings. The van der Waals surface area contributed by atoms with Gasteiger partial charge in [0, 0.05) is 36.1 Å². The van der Waals surface area contributed by atoms with Gasteiger partial charge >= 0.3 is 6.09 Å². The third-order valence-corrected chi connectivity index (χ3v) is 8.36. The highest BCUT2D eigenvalue weighted by molar-refractivity contribution is 5.92. The van der Waals surface area contributed by atoms with E-state index in [0.717, 1.165) is 55.5 Å². The van der Waals surface area contributed by atoms with Crippen LogP contribution in [-0.2, 0) is 20.7 Å². The highest BCUT2D eigenvalue weighted by Crippen LogP contribution is 2.39. The van der Waals surface area contributed by atoms with Crippen molar-refractivity contribution in [2.75, 3.05) is 6.54 Å². The molecular weight excluding hydrogens is 484 g/mol. The number of alkyl carbamates (subject to hydrolysis) is 1. The van der Waals surface area contributed by atoms with Crippen molar-refractivity contribution in [2.24, 2.45) is 17.3 Å². The number of nitrogens with zero attached hydrogens (tertiary/aromatic N) is 3. The molecule has 1 saturated heterocycles. The molecule has 2 aromatic rings. The summed E-state index contributed by atoms with van der Waals surface area (Å²) >= 11 is 0. The lowest BCUT2D eigenvalue weighted by molar-refractivity contribution is -0.141. The molecule has 1 N–H and O–H groups in total. The minimum absolute atomic E-state index is 0.0885. The van der Waals surface area contributed by atoms with Gasteiger partial charge in [-0.2, -0.15) is 0 Å². The second-order valence-corrected chi connectivity index (χ2v) is 12.4. The maximum Gasteiger partial charge on any atom is 0.408 e. The molecule has 6 atom stereocenters.